The van der Waals surface area contributed by atoms with E-state index in [4.69, 9.17) is 0 Å². The van der Waals surface area contributed by atoms with Gasteiger partial charge in [-0.05, 0) is 49.3 Å². The molecule has 0 aromatic carbocycles. The molecule has 0 atom stereocenters. The van der Waals surface area contributed by atoms with Crippen LogP contribution in [0.1, 0.15) is 44.1 Å². The third-order valence-corrected chi connectivity index (χ3v) is 4.10. The average molecular weight is 244 g/mol. The lowest BCUT2D eigenvalue weighted by atomic mass is 9.82. The van der Waals surface area contributed by atoms with Crippen LogP contribution in [0.2, 0.25) is 0 Å². The zero-order valence-corrected chi connectivity index (χ0v) is 10.7. The summed E-state index contributed by atoms with van der Waals surface area (Å²) in [7, 11) is 0. The number of carbonyl (C=O) groups excluding carboxylic acids is 1. The van der Waals surface area contributed by atoms with Crippen molar-refractivity contribution in [2.24, 2.45) is 5.92 Å². The van der Waals surface area contributed by atoms with E-state index in [0.29, 0.717) is 17.9 Å². The summed E-state index contributed by atoms with van der Waals surface area (Å²) in [5.41, 5.74) is 1.19. The molecule has 2 fully saturated rings. The van der Waals surface area contributed by atoms with Crippen LogP contribution in [-0.2, 0) is 11.3 Å². The molecule has 2 saturated carbocycles. The summed E-state index contributed by atoms with van der Waals surface area (Å²) >= 11 is 0. The van der Waals surface area contributed by atoms with Crippen LogP contribution in [0.25, 0.3) is 0 Å². The second-order valence-corrected chi connectivity index (χ2v) is 5.61. The maximum Gasteiger partial charge on any atom is 0.223 e. The number of aromatic nitrogens is 1. The van der Waals surface area contributed by atoms with Gasteiger partial charge in [-0.1, -0.05) is 6.42 Å². The van der Waals surface area contributed by atoms with Crippen LogP contribution in [0.15, 0.2) is 24.5 Å². The maximum atomic E-state index is 12.3. The van der Waals surface area contributed by atoms with Crippen molar-refractivity contribution >= 4 is 5.91 Å². The molecule has 0 aliphatic heterocycles. The highest BCUT2D eigenvalue weighted by atomic mass is 16.2. The fourth-order valence-corrected chi connectivity index (χ4v) is 2.55. The van der Waals surface area contributed by atoms with Crippen molar-refractivity contribution in [1.82, 2.24) is 9.88 Å². The van der Waals surface area contributed by atoms with Gasteiger partial charge in [0.15, 0.2) is 0 Å². The summed E-state index contributed by atoms with van der Waals surface area (Å²) in [5, 5.41) is 0. The minimum Gasteiger partial charge on any atom is -0.335 e. The molecule has 18 heavy (non-hydrogen) atoms. The number of hydrogen-bond acceptors (Lipinski definition) is 2. The maximum absolute atomic E-state index is 12.3. The molecule has 2 aliphatic rings. The molecule has 3 nitrogen and oxygen atoms in total. The van der Waals surface area contributed by atoms with Gasteiger partial charge in [-0.3, -0.25) is 9.78 Å². The van der Waals surface area contributed by atoms with E-state index in [-0.39, 0.29) is 0 Å². The van der Waals surface area contributed by atoms with E-state index in [1.54, 1.807) is 12.4 Å². The number of carbonyl (C=O) groups is 1. The average Bonchev–Trinajstić information content (AvgIpc) is 3.16. The second kappa shape index (κ2) is 5.09. The van der Waals surface area contributed by atoms with Crippen molar-refractivity contribution in [2.45, 2.75) is 51.1 Å². The predicted octanol–water partition coefficient (Wildman–Crippen LogP) is 2.76. The van der Waals surface area contributed by atoms with Crippen molar-refractivity contribution in [3.63, 3.8) is 0 Å². The number of amides is 1. The Labute approximate surface area is 108 Å². The Kier molecular flexibility index (Phi) is 3.31. The van der Waals surface area contributed by atoms with Gasteiger partial charge in [0, 0.05) is 31.4 Å². The number of hydrogen-bond donors (Lipinski definition) is 0. The SMILES string of the molecule is O=C(CC1CCC1)N(Cc1ccncc1)C1CC1. The number of pyridine rings is 1. The first kappa shape index (κ1) is 11.7. The molecule has 3 heteroatoms. The lowest BCUT2D eigenvalue weighted by Gasteiger charge is -2.29. The van der Waals surface area contributed by atoms with Gasteiger partial charge in [0.1, 0.15) is 0 Å². The lowest BCUT2D eigenvalue weighted by molar-refractivity contribution is -0.134. The van der Waals surface area contributed by atoms with E-state index in [1.165, 1.54) is 37.7 Å². The van der Waals surface area contributed by atoms with Crippen LogP contribution in [-0.4, -0.2) is 21.8 Å². The van der Waals surface area contributed by atoms with Crippen LogP contribution >= 0.6 is 0 Å². The molecule has 1 aromatic rings. The van der Waals surface area contributed by atoms with E-state index in [0.717, 1.165) is 13.0 Å². The highest BCUT2D eigenvalue weighted by molar-refractivity contribution is 5.77. The Morgan fingerprint density at radius 3 is 2.50 bits per heavy atom. The molecular formula is C15H20N2O. The van der Waals surface area contributed by atoms with Crippen molar-refractivity contribution in [2.75, 3.05) is 0 Å². The van der Waals surface area contributed by atoms with Crippen LogP contribution in [0, 0.1) is 5.92 Å². The van der Waals surface area contributed by atoms with E-state index >= 15 is 0 Å². The Bertz CT molecular complexity index is 410. The van der Waals surface area contributed by atoms with E-state index in [2.05, 4.69) is 9.88 Å². The van der Waals surface area contributed by atoms with Gasteiger partial charge in [0.25, 0.3) is 0 Å². The quantitative estimate of drug-likeness (QED) is 0.798. The third kappa shape index (κ3) is 2.71. The number of nitrogens with zero attached hydrogens (tertiary/aromatic N) is 2. The predicted molar refractivity (Wildman–Crippen MR) is 69.8 cm³/mol. The van der Waals surface area contributed by atoms with Crippen LogP contribution in [0.4, 0.5) is 0 Å². The largest absolute Gasteiger partial charge is 0.335 e. The minimum absolute atomic E-state index is 0.360. The molecule has 1 amide bonds. The Balaban J connectivity index is 1.62. The van der Waals surface area contributed by atoms with Crippen molar-refractivity contribution < 1.29 is 4.79 Å². The Morgan fingerprint density at radius 2 is 1.94 bits per heavy atom. The van der Waals surface area contributed by atoms with Crippen molar-refractivity contribution in [1.29, 1.82) is 0 Å². The third-order valence-electron chi connectivity index (χ3n) is 4.10. The molecular weight excluding hydrogens is 224 g/mol. The molecule has 0 spiro atoms. The highest BCUT2D eigenvalue weighted by Gasteiger charge is 2.34. The van der Waals surface area contributed by atoms with E-state index < -0.39 is 0 Å². The molecule has 96 valence electrons. The lowest BCUT2D eigenvalue weighted by Crippen LogP contribution is -2.34. The summed E-state index contributed by atoms with van der Waals surface area (Å²) < 4.78 is 0. The normalized spacial score (nSPS) is 19.3. The summed E-state index contributed by atoms with van der Waals surface area (Å²) in [5.74, 6) is 1.02. The molecule has 0 N–H and O–H groups in total. The zero-order chi connectivity index (χ0) is 12.4. The van der Waals surface area contributed by atoms with Gasteiger partial charge < -0.3 is 4.90 Å². The number of rotatable bonds is 5. The second-order valence-electron chi connectivity index (χ2n) is 5.61. The monoisotopic (exact) mass is 244 g/mol. The first-order valence-corrected chi connectivity index (χ1v) is 7.01. The molecule has 1 aromatic heterocycles. The first-order valence-electron chi connectivity index (χ1n) is 7.01. The van der Waals surface area contributed by atoms with E-state index in [1.807, 2.05) is 12.1 Å². The molecule has 0 saturated heterocycles. The van der Waals surface area contributed by atoms with Crippen molar-refractivity contribution in [3.8, 4) is 0 Å². The van der Waals surface area contributed by atoms with Gasteiger partial charge in [0.2, 0.25) is 5.91 Å². The molecule has 0 bridgehead atoms. The van der Waals surface area contributed by atoms with Gasteiger partial charge in [0.05, 0.1) is 0 Å². The first-order chi connectivity index (χ1) is 8.83. The summed E-state index contributed by atoms with van der Waals surface area (Å²) in [6, 6.07) is 4.52. The molecule has 0 unspecified atom stereocenters. The topological polar surface area (TPSA) is 33.2 Å². The highest BCUT2D eigenvalue weighted by Crippen LogP contribution is 2.33. The standard InChI is InChI=1S/C15H20N2O/c18-15(10-12-2-1-3-12)17(14-4-5-14)11-13-6-8-16-9-7-13/h6-9,12,14H,1-5,10-11H2. The van der Waals surface area contributed by atoms with E-state index in [9.17, 15) is 4.79 Å². The molecule has 0 radical (unpaired) electrons. The van der Waals surface area contributed by atoms with Gasteiger partial charge in [-0.25, -0.2) is 0 Å². The summed E-state index contributed by atoms with van der Waals surface area (Å²) in [6.45, 7) is 0.763. The minimum atomic E-state index is 0.360. The van der Waals surface area contributed by atoms with Crippen LogP contribution < -0.4 is 0 Å². The van der Waals surface area contributed by atoms with Crippen molar-refractivity contribution in [3.05, 3.63) is 30.1 Å². The van der Waals surface area contributed by atoms with Gasteiger partial charge in [-0.15, -0.1) is 0 Å². The molecule has 2 aliphatic carbocycles. The molecule has 1 heterocycles. The summed E-state index contributed by atoms with van der Waals surface area (Å²) in [6.07, 6.45) is 10.5. The van der Waals surface area contributed by atoms with Crippen LogP contribution in [0.5, 0.6) is 0 Å². The van der Waals surface area contributed by atoms with Gasteiger partial charge >= 0.3 is 0 Å². The Hall–Kier alpha value is -1.38. The van der Waals surface area contributed by atoms with Gasteiger partial charge in [-0.2, -0.15) is 0 Å². The Morgan fingerprint density at radius 1 is 1.22 bits per heavy atom. The molecule has 3 rings (SSSR count). The zero-order valence-electron chi connectivity index (χ0n) is 10.7. The fourth-order valence-electron chi connectivity index (χ4n) is 2.55. The fraction of sp³-hybridized carbons (Fsp3) is 0.600. The van der Waals surface area contributed by atoms with Crippen LogP contribution in [0.3, 0.4) is 0 Å². The summed E-state index contributed by atoms with van der Waals surface area (Å²) in [4.78, 5) is 18.5. The smallest absolute Gasteiger partial charge is 0.223 e.